The van der Waals surface area contributed by atoms with E-state index >= 15 is 0 Å². The zero-order valence-electron chi connectivity index (χ0n) is 11.1. The second-order valence-electron chi connectivity index (χ2n) is 5.21. The Morgan fingerprint density at radius 2 is 2.44 bits per heavy atom. The number of aryl methyl sites for hydroxylation is 1. The second kappa shape index (κ2) is 6.31. The molecule has 2 atom stereocenters. The molecule has 0 aliphatic carbocycles. The minimum Gasteiger partial charge on any atom is -0.396 e. The van der Waals surface area contributed by atoms with Crippen molar-refractivity contribution in [2.75, 3.05) is 26.2 Å². The van der Waals surface area contributed by atoms with E-state index in [2.05, 4.69) is 10.00 Å². The smallest absolute Gasteiger partial charge is 0.0538 e. The lowest BCUT2D eigenvalue weighted by atomic mass is 9.93. The van der Waals surface area contributed by atoms with Crippen LogP contribution < -0.4 is 5.73 Å². The molecule has 5 nitrogen and oxygen atoms in total. The highest BCUT2D eigenvalue weighted by atomic mass is 16.3. The summed E-state index contributed by atoms with van der Waals surface area (Å²) in [5, 5.41) is 13.3. The molecule has 0 amide bonds. The molecule has 1 aliphatic rings. The lowest BCUT2D eigenvalue weighted by molar-refractivity contribution is 0.110. The molecule has 1 aliphatic heterocycles. The van der Waals surface area contributed by atoms with E-state index in [0.29, 0.717) is 19.1 Å². The average molecular weight is 252 g/mol. The summed E-state index contributed by atoms with van der Waals surface area (Å²) in [5.74, 6) is 0.606. The molecule has 0 aromatic carbocycles. The highest BCUT2D eigenvalue weighted by Crippen LogP contribution is 2.27. The van der Waals surface area contributed by atoms with Crippen molar-refractivity contribution in [1.82, 2.24) is 14.7 Å². The number of likely N-dealkylation sites (tertiary alicyclic amines) is 1. The SMILES string of the molecule is Cn1cc(C(CN)N2CCCC(CCO)C2)cn1. The zero-order chi connectivity index (χ0) is 13.0. The molecule has 18 heavy (non-hydrogen) atoms. The Balaban J connectivity index is 2.03. The molecule has 3 N–H and O–H groups in total. The second-order valence-corrected chi connectivity index (χ2v) is 5.21. The van der Waals surface area contributed by atoms with Crippen LogP contribution in [-0.4, -0.2) is 46.0 Å². The summed E-state index contributed by atoms with van der Waals surface area (Å²) in [5.41, 5.74) is 7.13. The van der Waals surface area contributed by atoms with Gasteiger partial charge in [0.25, 0.3) is 0 Å². The standard InChI is InChI=1S/C13H24N4O/c1-16-10-12(8-15-16)13(7-14)17-5-2-3-11(9-17)4-6-18/h8,10-11,13,18H,2-7,9,14H2,1H3. The number of hydrogen-bond acceptors (Lipinski definition) is 4. The monoisotopic (exact) mass is 252 g/mol. The maximum absolute atomic E-state index is 9.06. The average Bonchev–Trinajstić information content (AvgIpc) is 2.78. The van der Waals surface area contributed by atoms with Crippen molar-refractivity contribution in [3.05, 3.63) is 18.0 Å². The molecule has 5 heteroatoms. The quantitative estimate of drug-likeness (QED) is 0.801. The molecule has 0 bridgehead atoms. The molecule has 0 radical (unpaired) electrons. The Bertz CT molecular complexity index is 364. The van der Waals surface area contributed by atoms with Gasteiger partial charge in [-0.15, -0.1) is 0 Å². The van der Waals surface area contributed by atoms with Crippen LogP contribution in [-0.2, 0) is 7.05 Å². The normalized spacial score (nSPS) is 23.2. The van der Waals surface area contributed by atoms with Crippen LogP contribution in [0.15, 0.2) is 12.4 Å². The number of rotatable bonds is 5. The van der Waals surface area contributed by atoms with Crippen LogP contribution in [0.5, 0.6) is 0 Å². The minimum absolute atomic E-state index is 0.264. The van der Waals surface area contributed by atoms with Gasteiger partial charge < -0.3 is 10.8 Å². The number of nitrogens with two attached hydrogens (primary N) is 1. The van der Waals surface area contributed by atoms with Gasteiger partial charge in [0.2, 0.25) is 0 Å². The van der Waals surface area contributed by atoms with Gasteiger partial charge in [-0.25, -0.2) is 0 Å². The van der Waals surface area contributed by atoms with Gasteiger partial charge in [-0.2, -0.15) is 5.10 Å². The van der Waals surface area contributed by atoms with Crippen molar-refractivity contribution in [2.45, 2.75) is 25.3 Å². The van der Waals surface area contributed by atoms with E-state index in [1.54, 1.807) is 0 Å². The summed E-state index contributed by atoms with van der Waals surface area (Å²) in [6, 6.07) is 0.264. The summed E-state index contributed by atoms with van der Waals surface area (Å²) < 4.78 is 1.83. The Labute approximate surface area is 109 Å². The first-order valence-electron chi connectivity index (χ1n) is 6.78. The first kappa shape index (κ1) is 13.5. The van der Waals surface area contributed by atoms with E-state index < -0.39 is 0 Å². The number of piperidine rings is 1. The first-order chi connectivity index (χ1) is 8.74. The molecule has 0 spiro atoms. The Kier molecular flexibility index (Phi) is 4.74. The minimum atomic E-state index is 0.264. The molecule has 2 rings (SSSR count). The number of hydrogen-bond donors (Lipinski definition) is 2. The van der Waals surface area contributed by atoms with Gasteiger partial charge in [0.05, 0.1) is 12.2 Å². The van der Waals surface area contributed by atoms with Crippen LogP contribution in [0.4, 0.5) is 0 Å². The molecule has 1 aromatic heterocycles. The summed E-state index contributed by atoms with van der Waals surface area (Å²) in [6.45, 7) is 3.05. The molecular weight excluding hydrogens is 228 g/mol. The molecule has 1 aromatic rings. The lowest BCUT2D eigenvalue weighted by Crippen LogP contribution is -2.41. The first-order valence-corrected chi connectivity index (χ1v) is 6.78. The number of aromatic nitrogens is 2. The van der Waals surface area contributed by atoms with Crippen LogP contribution in [0.1, 0.15) is 30.9 Å². The van der Waals surface area contributed by atoms with E-state index in [1.807, 2.05) is 24.1 Å². The molecule has 0 saturated carbocycles. The van der Waals surface area contributed by atoms with E-state index in [-0.39, 0.29) is 6.04 Å². The third-order valence-corrected chi connectivity index (χ3v) is 3.86. The van der Waals surface area contributed by atoms with Crippen LogP contribution in [0.3, 0.4) is 0 Å². The number of aliphatic hydroxyl groups excluding tert-OH is 1. The fraction of sp³-hybridized carbons (Fsp3) is 0.769. The molecule has 1 saturated heterocycles. The molecule has 2 heterocycles. The van der Waals surface area contributed by atoms with Crippen molar-refractivity contribution in [3.8, 4) is 0 Å². The predicted octanol–water partition coefficient (Wildman–Crippen LogP) is 0.514. The van der Waals surface area contributed by atoms with Crippen LogP contribution in [0.2, 0.25) is 0 Å². The molecule has 102 valence electrons. The maximum Gasteiger partial charge on any atom is 0.0538 e. The van der Waals surface area contributed by atoms with E-state index in [1.165, 1.54) is 18.4 Å². The van der Waals surface area contributed by atoms with Gasteiger partial charge in [-0.3, -0.25) is 9.58 Å². The topological polar surface area (TPSA) is 67.3 Å². The Morgan fingerprint density at radius 3 is 3.06 bits per heavy atom. The van der Waals surface area contributed by atoms with Gasteiger partial charge >= 0.3 is 0 Å². The third kappa shape index (κ3) is 3.10. The van der Waals surface area contributed by atoms with Gasteiger partial charge in [-0.1, -0.05) is 0 Å². The largest absolute Gasteiger partial charge is 0.396 e. The summed E-state index contributed by atoms with van der Waals surface area (Å²) in [4.78, 5) is 2.45. The van der Waals surface area contributed by atoms with E-state index in [0.717, 1.165) is 19.5 Å². The number of nitrogens with zero attached hydrogens (tertiary/aromatic N) is 3. The van der Waals surface area contributed by atoms with E-state index in [4.69, 9.17) is 10.8 Å². The summed E-state index contributed by atoms with van der Waals surface area (Å²) >= 11 is 0. The van der Waals surface area contributed by atoms with Gasteiger partial charge in [-0.05, 0) is 31.7 Å². The summed E-state index contributed by atoms with van der Waals surface area (Å²) in [6.07, 6.45) is 7.28. The molecule has 1 fully saturated rings. The van der Waals surface area contributed by atoms with E-state index in [9.17, 15) is 0 Å². The van der Waals surface area contributed by atoms with Crippen molar-refractivity contribution in [2.24, 2.45) is 18.7 Å². The summed E-state index contributed by atoms with van der Waals surface area (Å²) in [7, 11) is 1.93. The van der Waals surface area contributed by atoms with Gasteiger partial charge in [0.1, 0.15) is 0 Å². The van der Waals surface area contributed by atoms with Crippen LogP contribution >= 0.6 is 0 Å². The highest BCUT2D eigenvalue weighted by molar-refractivity contribution is 5.11. The van der Waals surface area contributed by atoms with Crippen LogP contribution in [0.25, 0.3) is 0 Å². The Morgan fingerprint density at radius 1 is 1.61 bits per heavy atom. The Hall–Kier alpha value is -0.910. The fourth-order valence-corrected chi connectivity index (χ4v) is 2.91. The maximum atomic E-state index is 9.06. The van der Waals surface area contributed by atoms with Crippen molar-refractivity contribution >= 4 is 0 Å². The van der Waals surface area contributed by atoms with Crippen molar-refractivity contribution in [3.63, 3.8) is 0 Å². The zero-order valence-corrected chi connectivity index (χ0v) is 11.1. The van der Waals surface area contributed by atoms with Gasteiger partial charge in [0, 0.05) is 38.5 Å². The number of aliphatic hydroxyl groups is 1. The highest BCUT2D eigenvalue weighted by Gasteiger charge is 2.26. The fourth-order valence-electron chi connectivity index (χ4n) is 2.91. The predicted molar refractivity (Wildman–Crippen MR) is 71.0 cm³/mol. The molecular formula is C13H24N4O. The van der Waals surface area contributed by atoms with Gasteiger partial charge in [0.15, 0.2) is 0 Å². The van der Waals surface area contributed by atoms with Crippen molar-refractivity contribution < 1.29 is 5.11 Å². The molecule has 2 unspecified atom stereocenters. The van der Waals surface area contributed by atoms with Crippen LogP contribution in [0, 0.1) is 5.92 Å². The third-order valence-electron chi connectivity index (χ3n) is 3.86. The van der Waals surface area contributed by atoms with Crippen molar-refractivity contribution in [1.29, 1.82) is 0 Å². The lowest BCUT2D eigenvalue weighted by Gasteiger charge is -2.37.